The van der Waals surface area contributed by atoms with Crippen molar-refractivity contribution in [1.29, 1.82) is 0 Å². The summed E-state index contributed by atoms with van der Waals surface area (Å²) in [6, 6.07) is 9.70. The van der Waals surface area contributed by atoms with Crippen molar-refractivity contribution in [1.82, 2.24) is 4.90 Å². The van der Waals surface area contributed by atoms with Crippen LogP contribution in [-0.4, -0.2) is 48.5 Å². The summed E-state index contributed by atoms with van der Waals surface area (Å²) in [4.78, 5) is 13.9. The topological polar surface area (TPSA) is 59.0 Å². The van der Waals surface area contributed by atoms with Crippen molar-refractivity contribution in [2.75, 3.05) is 26.3 Å². The second-order valence-corrected chi connectivity index (χ2v) is 7.30. The van der Waals surface area contributed by atoms with Crippen LogP contribution in [0.5, 0.6) is 0 Å². The molecule has 0 bridgehead atoms. The van der Waals surface area contributed by atoms with Crippen LogP contribution < -0.4 is 0 Å². The summed E-state index contributed by atoms with van der Waals surface area (Å²) >= 11 is 0. The normalized spacial score (nSPS) is 28.0. The maximum Gasteiger partial charge on any atom is 0.410 e. The van der Waals surface area contributed by atoms with Crippen molar-refractivity contribution >= 4 is 6.09 Å². The minimum atomic E-state index is -0.257. The standard InChI is InChI=1S/C16H21NO3.C4H8O/c18-14-7-9-16(14)8-4-10-17(12-16)15(19)20-11-13-5-2-1-3-6-13;1-2-4-5-3-1/h1-3,5-6,14,18H,4,7-12H2;1-4H2. The molecule has 1 amide bonds. The summed E-state index contributed by atoms with van der Waals surface area (Å²) in [6.07, 6.45) is 5.93. The van der Waals surface area contributed by atoms with E-state index in [9.17, 15) is 9.90 Å². The van der Waals surface area contributed by atoms with E-state index in [0.29, 0.717) is 13.2 Å². The Bertz CT molecular complexity index is 538. The van der Waals surface area contributed by atoms with Crippen molar-refractivity contribution in [3.8, 4) is 0 Å². The summed E-state index contributed by atoms with van der Waals surface area (Å²) in [6.45, 7) is 3.69. The number of piperidine rings is 1. The van der Waals surface area contributed by atoms with Crippen molar-refractivity contribution in [3.63, 3.8) is 0 Å². The Morgan fingerprint density at radius 3 is 2.52 bits per heavy atom. The molecule has 1 spiro atoms. The number of aliphatic hydroxyl groups excluding tert-OH is 1. The highest BCUT2D eigenvalue weighted by molar-refractivity contribution is 5.68. The number of rotatable bonds is 2. The minimum Gasteiger partial charge on any atom is -0.445 e. The number of hydrogen-bond donors (Lipinski definition) is 1. The third-order valence-electron chi connectivity index (χ3n) is 5.52. The molecule has 2 aliphatic heterocycles. The zero-order valence-corrected chi connectivity index (χ0v) is 14.9. The van der Waals surface area contributed by atoms with Crippen LogP contribution >= 0.6 is 0 Å². The number of amides is 1. The lowest BCUT2D eigenvalue weighted by atomic mass is 9.62. The number of likely N-dealkylation sites (tertiary alicyclic amines) is 1. The molecule has 3 aliphatic rings. The zero-order valence-electron chi connectivity index (χ0n) is 14.9. The Morgan fingerprint density at radius 2 is 1.96 bits per heavy atom. The van der Waals surface area contributed by atoms with E-state index in [2.05, 4.69) is 0 Å². The lowest BCUT2D eigenvalue weighted by molar-refractivity contribution is -0.101. The maximum absolute atomic E-state index is 12.1. The fraction of sp³-hybridized carbons (Fsp3) is 0.650. The Morgan fingerprint density at radius 1 is 1.20 bits per heavy atom. The molecule has 25 heavy (non-hydrogen) atoms. The molecule has 1 aliphatic carbocycles. The summed E-state index contributed by atoms with van der Waals surface area (Å²) in [5.74, 6) is 0. The molecule has 2 heterocycles. The summed E-state index contributed by atoms with van der Waals surface area (Å²) in [5.41, 5.74) is 0.945. The second kappa shape index (κ2) is 8.68. The summed E-state index contributed by atoms with van der Waals surface area (Å²) in [5, 5.41) is 9.95. The van der Waals surface area contributed by atoms with E-state index in [4.69, 9.17) is 9.47 Å². The van der Waals surface area contributed by atoms with Gasteiger partial charge in [0, 0.05) is 31.7 Å². The van der Waals surface area contributed by atoms with Gasteiger partial charge in [-0.3, -0.25) is 0 Å². The molecule has 3 fully saturated rings. The lowest BCUT2D eigenvalue weighted by Crippen LogP contribution is -2.56. The third kappa shape index (κ3) is 4.73. The number of carbonyl (C=O) groups is 1. The van der Waals surface area contributed by atoms with E-state index in [1.165, 1.54) is 12.8 Å². The van der Waals surface area contributed by atoms with Crippen LogP contribution in [0.1, 0.15) is 44.1 Å². The van der Waals surface area contributed by atoms with E-state index >= 15 is 0 Å². The molecule has 0 aromatic heterocycles. The van der Waals surface area contributed by atoms with E-state index in [1.54, 1.807) is 4.90 Å². The van der Waals surface area contributed by atoms with Gasteiger partial charge < -0.3 is 19.5 Å². The molecule has 2 saturated heterocycles. The predicted molar refractivity (Wildman–Crippen MR) is 95.2 cm³/mol. The van der Waals surface area contributed by atoms with Gasteiger partial charge in [-0.05, 0) is 44.1 Å². The lowest BCUT2D eigenvalue weighted by Gasteiger charge is -2.51. The van der Waals surface area contributed by atoms with Crippen LogP contribution in [-0.2, 0) is 16.1 Å². The van der Waals surface area contributed by atoms with Gasteiger partial charge >= 0.3 is 6.09 Å². The van der Waals surface area contributed by atoms with Gasteiger partial charge in [0.15, 0.2) is 0 Å². The zero-order chi connectivity index (χ0) is 17.5. The van der Waals surface area contributed by atoms with Gasteiger partial charge in [-0.2, -0.15) is 0 Å². The Kier molecular flexibility index (Phi) is 6.32. The van der Waals surface area contributed by atoms with Crippen molar-refractivity contribution in [2.24, 2.45) is 5.41 Å². The summed E-state index contributed by atoms with van der Waals surface area (Å²) < 4.78 is 10.3. The van der Waals surface area contributed by atoms with Crippen LogP contribution in [0.4, 0.5) is 4.79 Å². The SMILES string of the molecule is C1CCOC1.O=C(OCc1ccccc1)N1CCCC2(CCC2O)C1. The summed E-state index contributed by atoms with van der Waals surface area (Å²) in [7, 11) is 0. The van der Waals surface area contributed by atoms with Crippen molar-refractivity contribution < 1.29 is 19.4 Å². The maximum atomic E-state index is 12.1. The van der Waals surface area contributed by atoms with Gasteiger partial charge in [-0.25, -0.2) is 4.79 Å². The van der Waals surface area contributed by atoms with Crippen LogP contribution in [0.15, 0.2) is 30.3 Å². The molecule has 2 unspecified atom stereocenters. The first kappa shape index (κ1) is 18.2. The van der Waals surface area contributed by atoms with Crippen LogP contribution in [0.3, 0.4) is 0 Å². The monoisotopic (exact) mass is 347 g/mol. The van der Waals surface area contributed by atoms with Gasteiger partial charge in [0.05, 0.1) is 6.10 Å². The van der Waals surface area contributed by atoms with E-state index < -0.39 is 0 Å². The number of hydrogen-bond acceptors (Lipinski definition) is 4. The molecule has 1 N–H and O–H groups in total. The average molecular weight is 347 g/mol. The fourth-order valence-corrected chi connectivity index (χ4v) is 3.79. The van der Waals surface area contributed by atoms with Crippen LogP contribution in [0.2, 0.25) is 0 Å². The second-order valence-electron chi connectivity index (χ2n) is 7.30. The highest BCUT2D eigenvalue weighted by Gasteiger charge is 2.49. The van der Waals surface area contributed by atoms with Gasteiger partial charge in [0.2, 0.25) is 0 Å². The number of benzene rings is 1. The van der Waals surface area contributed by atoms with Gasteiger partial charge in [-0.1, -0.05) is 30.3 Å². The third-order valence-corrected chi connectivity index (χ3v) is 5.52. The molecule has 5 nitrogen and oxygen atoms in total. The first-order chi connectivity index (χ1) is 12.2. The van der Waals surface area contributed by atoms with Gasteiger partial charge in [0.1, 0.15) is 6.61 Å². The van der Waals surface area contributed by atoms with E-state index in [-0.39, 0.29) is 17.6 Å². The Hall–Kier alpha value is -1.59. The fourth-order valence-electron chi connectivity index (χ4n) is 3.79. The molecule has 138 valence electrons. The largest absolute Gasteiger partial charge is 0.445 e. The molecule has 0 radical (unpaired) electrons. The molecule has 1 aromatic rings. The number of nitrogens with zero attached hydrogens (tertiary/aromatic N) is 1. The van der Waals surface area contributed by atoms with Gasteiger partial charge in [0.25, 0.3) is 0 Å². The predicted octanol–water partition coefficient (Wildman–Crippen LogP) is 3.36. The molecule has 1 saturated carbocycles. The molecule has 5 heteroatoms. The molecule has 2 atom stereocenters. The number of carbonyl (C=O) groups excluding carboxylic acids is 1. The van der Waals surface area contributed by atoms with Crippen LogP contribution in [0.25, 0.3) is 0 Å². The number of aliphatic hydroxyl groups is 1. The quantitative estimate of drug-likeness (QED) is 0.891. The molecular formula is C20H29NO4. The smallest absolute Gasteiger partial charge is 0.410 e. The van der Waals surface area contributed by atoms with E-state index in [1.807, 2.05) is 30.3 Å². The molecule has 4 rings (SSSR count). The minimum absolute atomic E-state index is 0.0516. The average Bonchev–Trinajstić information content (AvgIpc) is 3.26. The van der Waals surface area contributed by atoms with E-state index in [0.717, 1.165) is 51.0 Å². The van der Waals surface area contributed by atoms with Crippen molar-refractivity contribution in [2.45, 2.75) is 51.2 Å². The molecule has 1 aromatic carbocycles. The Balaban J connectivity index is 0.000000314. The highest BCUT2D eigenvalue weighted by atomic mass is 16.6. The number of ether oxygens (including phenoxy) is 2. The first-order valence-corrected chi connectivity index (χ1v) is 9.41. The Labute approximate surface area is 149 Å². The first-order valence-electron chi connectivity index (χ1n) is 9.41. The highest BCUT2D eigenvalue weighted by Crippen LogP contribution is 2.47. The van der Waals surface area contributed by atoms with Crippen LogP contribution in [0, 0.1) is 5.41 Å². The van der Waals surface area contributed by atoms with Gasteiger partial charge in [-0.15, -0.1) is 0 Å². The molecular weight excluding hydrogens is 318 g/mol. The van der Waals surface area contributed by atoms with Crippen molar-refractivity contribution in [3.05, 3.63) is 35.9 Å².